The lowest BCUT2D eigenvalue weighted by Crippen LogP contribution is -2.15. The van der Waals surface area contributed by atoms with Crippen LogP contribution in [0.4, 0.5) is 11.4 Å². The van der Waals surface area contributed by atoms with E-state index in [2.05, 4.69) is 10.1 Å². The number of rotatable bonds is 6. The van der Waals surface area contributed by atoms with E-state index in [1.54, 1.807) is 6.07 Å². The average Bonchev–Trinajstić information content (AvgIpc) is 2.61. The van der Waals surface area contributed by atoms with Gasteiger partial charge in [-0.2, -0.15) is 0 Å². The van der Waals surface area contributed by atoms with Crippen molar-refractivity contribution in [1.82, 2.24) is 0 Å². The predicted octanol–water partition coefficient (Wildman–Crippen LogP) is 3.91. The molecule has 0 aliphatic heterocycles. The van der Waals surface area contributed by atoms with Crippen LogP contribution in [0.2, 0.25) is 10.0 Å². The quantitative estimate of drug-likeness (QED) is 0.604. The molecule has 0 aliphatic carbocycles. The highest BCUT2D eigenvalue weighted by molar-refractivity contribution is 6.39. The van der Waals surface area contributed by atoms with Crippen molar-refractivity contribution in [2.24, 2.45) is 0 Å². The molecule has 0 heterocycles. The van der Waals surface area contributed by atoms with Crippen molar-refractivity contribution in [3.8, 4) is 0 Å². The van der Waals surface area contributed by atoms with E-state index in [0.717, 1.165) is 0 Å². The number of carboxylic acids is 1. The Kier molecular flexibility index (Phi) is 4.17. The van der Waals surface area contributed by atoms with Gasteiger partial charge >= 0.3 is 11.9 Å². The smallest absolute Gasteiger partial charge is 0.341 e. The van der Waals surface area contributed by atoms with Gasteiger partial charge in [0.15, 0.2) is 6.61 Å². The molecule has 2 aromatic carbocycles. The summed E-state index contributed by atoms with van der Waals surface area (Å²) in [6.07, 6.45) is -0.575. The monoisotopic (exact) mass is 359 g/mol. The summed E-state index contributed by atoms with van der Waals surface area (Å²) >= 11 is 12.2. The number of carbonyl (C=O) groups excluding carboxylic acids is 1. The van der Waals surface area contributed by atoms with Crippen LogP contribution in [-0.2, 0) is 20.7 Å². The van der Waals surface area contributed by atoms with Crippen molar-refractivity contribution in [3.63, 3.8) is 0 Å². The summed E-state index contributed by atoms with van der Waals surface area (Å²) in [5.74, 6) is -2.31. The molecule has 0 radical (unpaired) electrons. The number of benzene rings is 2. The van der Waals surface area contributed by atoms with Crippen LogP contribution in [0.1, 0.15) is 11.0 Å². The van der Waals surface area contributed by atoms with Gasteiger partial charge in [-0.25, -0.2) is 4.79 Å². The topological polar surface area (TPSA) is 75.6 Å². The molecule has 5 nitrogen and oxygen atoms in total. The summed E-state index contributed by atoms with van der Waals surface area (Å²) < 4.78 is 36.3. The molecule has 0 aromatic heterocycles. The second-order valence-electron chi connectivity index (χ2n) is 4.31. The van der Waals surface area contributed by atoms with E-state index in [0.29, 0.717) is 0 Å². The second kappa shape index (κ2) is 7.85. The summed E-state index contributed by atoms with van der Waals surface area (Å²) in [4.78, 5) is 22.4. The van der Waals surface area contributed by atoms with Gasteiger partial charge in [0.1, 0.15) is 0 Å². The van der Waals surface area contributed by atoms with Crippen LogP contribution in [-0.4, -0.2) is 23.7 Å². The molecule has 0 amide bonds. The molecule has 0 aliphatic rings. The van der Waals surface area contributed by atoms with Gasteiger partial charge in [-0.05, 0) is 23.7 Å². The molecule has 2 aromatic rings. The first kappa shape index (κ1) is 12.2. The summed E-state index contributed by atoms with van der Waals surface area (Å²) in [7, 11) is 0. The van der Waals surface area contributed by atoms with Gasteiger partial charge in [0.05, 0.1) is 27.6 Å². The fourth-order valence-corrected chi connectivity index (χ4v) is 2.15. The molecule has 23 heavy (non-hydrogen) atoms. The number of carboxylic acid groups (broad SMARTS) is 1. The lowest BCUT2D eigenvalue weighted by atomic mass is 10.1. The molecule has 0 bridgehead atoms. The number of halogens is 2. The second-order valence-corrected chi connectivity index (χ2v) is 5.12. The first-order valence-electron chi connectivity index (χ1n) is 8.31. The molecule has 0 saturated heterocycles. The Bertz CT molecular complexity index is 904. The maximum Gasteiger partial charge on any atom is 0.341 e. The van der Waals surface area contributed by atoms with Crippen LogP contribution >= 0.6 is 23.2 Å². The zero-order chi connectivity index (χ0) is 20.3. The van der Waals surface area contributed by atoms with Crippen molar-refractivity contribution >= 4 is 46.5 Å². The average molecular weight is 360 g/mol. The Morgan fingerprint density at radius 2 is 1.87 bits per heavy atom. The minimum Gasteiger partial charge on any atom is -0.479 e. The Balaban J connectivity index is 2.52. The number of carbonyl (C=O) groups is 2. The van der Waals surface area contributed by atoms with Crippen molar-refractivity contribution in [3.05, 3.63) is 58.0 Å². The largest absolute Gasteiger partial charge is 0.479 e. The van der Waals surface area contributed by atoms with E-state index < -0.39 is 49.1 Å². The first-order chi connectivity index (χ1) is 12.6. The SMILES string of the molecule is [2H]c1c([2H])c([2H])c(Nc2c(Cl)cccc2Cl)c(CC(=O)O[13CH2][13C](=O)O)c1[2H]. The molecule has 7 heteroatoms. The Morgan fingerprint density at radius 1 is 1.22 bits per heavy atom. The molecular weight excluding hydrogens is 343 g/mol. The minimum atomic E-state index is -1.35. The molecule has 0 atom stereocenters. The fraction of sp³-hybridized carbons (Fsp3) is 0.125. The number of esters is 1. The third-order valence-corrected chi connectivity index (χ3v) is 3.29. The Hall–Kier alpha value is -2.24. The highest BCUT2D eigenvalue weighted by Crippen LogP contribution is 2.33. The van der Waals surface area contributed by atoms with Gasteiger partial charge in [0.25, 0.3) is 0 Å². The van der Waals surface area contributed by atoms with Crippen molar-refractivity contribution in [1.29, 1.82) is 0 Å². The molecular formula is C16H13Cl2NO4. The van der Waals surface area contributed by atoms with Crippen LogP contribution in [0.5, 0.6) is 0 Å². The molecule has 2 rings (SSSR count). The standard InChI is InChI=1S/C16H13Cl2NO4/c17-11-5-3-6-12(18)16(11)19-13-7-2-1-4-10(13)8-15(22)23-9-14(20)21/h1-7,19H,8-9H2,(H,20,21)/i1D,2D,4D,7D,9+1,14+1. The maximum absolute atomic E-state index is 11.9. The van der Waals surface area contributed by atoms with Crippen LogP contribution in [0.25, 0.3) is 0 Å². The lowest BCUT2D eigenvalue weighted by molar-refractivity contribution is -0.154. The minimum absolute atomic E-state index is 0.104. The number of para-hydroxylation sites is 2. The number of ether oxygens (including phenoxy) is 1. The highest BCUT2D eigenvalue weighted by atomic mass is 35.5. The van der Waals surface area contributed by atoms with Crippen molar-refractivity contribution in [2.45, 2.75) is 6.42 Å². The third-order valence-electron chi connectivity index (χ3n) is 2.66. The summed E-state index contributed by atoms with van der Waals surface area (Å²) in [6.45, 7) is -0.858. The van der Waals surface area contributed by atoms with Crippen molar-refractivity contribution < 1.29 is 24.9 Å². The van der Waals surface area contributed by atoms with Gasteiger partial charge in [-0.15, -0.1) is 0 Å². The van der Waals surface area contributed by atoms with Crippen molar-refractivity contribution in [2.75, 3.05) is 11.9 Å². The fourth-order valence-electron chi connectivity index (χ4n) is 1.66. The zero-order valence-electron chi connectivity index (χ0n) is 15.6. The lowest BCUT2D eigenvalue weighted by Gasteiger charge is -2.14. The highest BCUT2D eigenvalue weighted by Gasteiger charge is 2.12. The number of nitrogens with one attached hydrogen (secondary N) is 1. The van der Waals surface area contributed by atoms with Gasteiger partial charge < -0.3 is 15.2 Å². The van der Waals surface area contributed by atoms with Gasteiger partial charge in [-0.3, -0.25) is 4.79 Å². The molecule has 2 N–H and O–H groups in total. The van der Waals surface area contributed by atoms with E-state index in [1.807, 2.05) is 0 Å². The first-order valence-corrected chi connectivity index (χ1v) is 7.06. The van der Waals surface area contributed by atoms with Crippen LogP contribution in [0.3, 0.4) is 0 Å². The van der Waals surface area contributed by atoms with Crippen LogP contribution in [0.15, 0.2) is 42.4 Å². The van der Waals surface area contributed by atoms with E-state index in [-0.39, 0.29) is 27.0 Å². The summed E-state index contributed by atoms with van der Waals surface area (Å²) in [5, 5.41) is 11.7. The summed E-state index contributed by atoms with van der Waals surface area (Å²) in [5.41, 5.74) is -0.0123. The van der Waals surface area contributed by atoms with Crippen LogP contribution < -0.4 is 5.32 Å². The van der Waals surface area contributed by atoms with Gasteiger partial charge in [0, 0.05) is 5.69 Å². The molecule has 120 valence electrons. The van der Waals surface area contributed by atoms with E-state index in [1.165, 1.54) is 12.1 Å². The van der Waals surface area contributed by atoms with Crippen LogP contribution in [0, 0.1) is 0 Å². The van der Waals surface area contributed by atoms with Gasteiger partial charge in [-0.1, -0.05) is 47.4 Å². The molecule has 0 unspecified atom stereocenters. The Labute approximate surface area is 148 Å². The summed E-state index contributed by atoms with van der Waals surface area (Å²) in [6, 6.07) is 2.69. The predicted molar refractivity (Wildman–Crippen MR) is 88.5 cm³/mol. The number of anilines is 2. The van der Waals surface area contributed by atoms with E-state index in [9.17, 15) is 9.59 Å². The van der Waals surface area contributed by atoms with E-state index in [4.69, 9.17) is 33.8 Å². The Morgan fingerprint density at radius 3 is 2.52 bits per heavy atom. The maximum atomic E-state index is 11.9. The number of aliphatic carboxylic acids is 1. The molecule has 0 saturated carbocycles. The number of hydrogen-bond acceptors (Lipinski definition) is 4. The zero-order valence-corrected chi connectivity index (χ0v) is 13.1. The third kappa shape index (κ3) is 4.87. The van der Waals surface area contributed by atoms with E-state index >= 15 is 0 Å². The number of hydrogen-bond donors (Lipinski definition) is 2. The normalized spacial score (nSPS) is 12.6. The molecule has 0 fully saturated rings. The van der Waals surface area contributed by atoms with Gasteiger partial charge in [0.2, 0.25) is 0 Å². The molecule has 0 spiro atoms.